The number of para-hydroxylation sites is 2. The third-order valence-corrected chi connectivity index (χ3v) is 4.74. The fourth-order valence-corrected chi connectivity index (χ4v) is 3.06. The smallest absolute Gasteiger partial charge is 0.181 e. The summed E-state index contributed by atoms with van der Waals surface area (Å²) in [6.45, 7) is 0. The van der Waals surface area contributed by atoms with Gasteiger partial charge >= 0.3 is 0 Å². The largest absolute Gasteiger partial charge is 0.276 e. The van der Waals surface area contributed by atoms with Crippen molar-refractivity contribution in [3.8, 4) is 0 Å². The molecule has 4 aromatic rings. The van der Waals surface area contributed by atoms with Crippen LogP contribution in [0.1, 0.15) is 11.1 Å². The van der Waals surface area contributed by atoms with Crippen LogP contribution in [0.5, 0.6) is 0 Å². The van der Waals surface area contributed by atoms with E-state index in [0.717, 1.165) is 22.5 Å². The number of hydrogen-bond acceptors (Lipinski definition) is 3. The highest BCUT2D eigenvalue weighted by molar-refractivity contribution is 6.30. The van der Waals surface area contributed by atoms with Gasteiger partial charge in [0.1, 0.15) is 0 Å². The molecule has 5 heteroatoms. The van der Waals surface area contributed by atoms with Crippen LogP contribution in [0.25, 0.3) is 0 Å². The van der Waals surface area contributed by atoms with Crippen molar-refractivity contribution in [1.29, 1.82) is 0 Å². The molecule has 0 unspecified atom stereocenters. The van der Waals surface area contributed by atoms with E-state index >= 15 is 0 Å². The molecular formula is C26H21ClN4. The van der Waals surface area contributed by atoms with Gasteiger partial charge < -0.3 is 0 Å². The van der Waals surface area contributed by atoms with E-state index in [9.17, 15) is 0 Å². The van der Waals surface area contributed by atoms with Crippen molar-refractivity contribution < 1.29 is 0 Å². The lowest BCUT2D eigenvalue weighted by molar-refractivity contribution is 1.11. The summed E-state index contributed by atoms with van der Waals surface area (Å²) in [6.07, 6.45) is 1.80. The molecule has 0 bridgehead atoms. The molecule has 4 nitrogen and oxygen atoms in total. The first-order valence-electron chi connectivity index (χ1n) is 9.88. The van der Waals surface area contributed by atoms with E-state index in [4.69, 9.17) is 21.8 Å². The SMILES string of the molecule is Clc1ccc(C=NN(C(=NNc2ccccc2)c2ccccc2)c2ccccc2)cc1. The molecule has 0 aliphatic heterocycles. The second-order valence-corrected chi connectivity index (χ2v) is 7.16. The molecule has 0 fully saturated rings. The Morgan fingerprint density at radius 2 is 1.29 bits per heavy atom. The summed E-state index contributed by atoms with van der Waals surface area (Å²) < 4.78 is 0. The maximum absolute atomic E-state index is 6.02. The van der Waals surface area contributed by atoms with Crippen LogP contribution < -0.4 is 10.4 Å². The van der Waals surface area contributed by atoms with Crippen LogP contribution in [0.3, 0.4) is 0 Å². The quantitative estimate of drug-likeness (QED) is 0.214. The van der Waals surface area contributed by atoms with Crippen LogP contribution in [0.15, 0.2) is 125 Å². The van der Waals surface area contributed by atoms with Gasteiger partial charge in [0.15, 0.2) is 5.84 Å². The fourth-order valence-electron chi connectivity index (χ4n) is 2.94. The van der Waals surface area contributed by atoms with E-state index in [1.54, 1.807) is 6.21 Å². The van der Waals surface area contributed by atoms with E-state index in [2.05, 4.69) is 5.43 Å². The summed E-state index contributed by atoms with van der Waals surface area (Å²) >= 11 is 6.02. The molecule has 0 saturated carbocycles. The van der Waals surface area contributed by atoms with Gasteiger partial charge in [-0.2, -0.15) is 10.2 Å². The molecule has 0 spiro atoms. The minimum absolute atomic E-state index is 0.667. The molecule has 0 atom stereocenters. The molecule has 0 aliphatic rings. The highest BCUT2D eigenvalue weighted by Crippen LogP contribution is 2.19. The van der Waals surface area contributed by atoms with Crippen LogP contribution >= 0.6 is 11.6 Å². The van der Waals surface area contributed by atoms with Crippen molar-refractivity contribution in [2.75, 3.05) is 10.4 Å². The highest BCUT2D eigenvalue weighted by Gasteiger charge is 2.15. The second kappa shape index (κ2) is 10.2. The average Bonchev–Trinajstić information content (AvgIpc) is 2.84. The van der Waals surface area contributed by atoms with E-state index in [1.165, 1.54) is 0 Å². The zero-order valence-electron chi connectivity index (χ0n) is 16.8. The monoisotopic (exact) mass is 424 g/mol. The molecule has 0 aliphatic carbocycles. The van der Waals surface area contributed by atoms with Crippen molar-refractivity contribution in [2.24, 2.45) is 10.2 Å². The van der Waals surface area contributed by atoms with Crippen molar-refractivity contribution >= 4 is 35.0 Å². The zero-order chi connectivity index (χ0) is 21.3. The summed E-state index contributed by atoms with van der Waals surface area (Å²) in [5.41, 5.74) is 6.81. The van der Waals surface area contributed by atoms with Gasteiger partial charge in [0.2, 0.25) is 0 Å². The highest BCUT2D eigenvalue weighted by atomic mass is 35.5. The van der Waals surface area contributed by atoms with E-state index in [-0.39, 0.29) is 0 Å². The molecule has 4 aromatic carbocycles. The first kappa shape index (κ1) is 20.4. The Labute approximate surface area is 187 Å². The second-order valence-electron chi connectivity index (χ2n) is 6.72. The van der Waals surface area contributed by atoms with Crippen molar-refractivity contribution in [3.05, 3.63) is 131 Å². The van der Waals surface area contributed by atoms with Crippen LogP contribution in [0.4, 0.5) is 11.4 Å². The molecule has 1 N–H and O–H groups in total. The van der Waals surface area contributed by atoms with E-state index in [0.29, 0.717) is 10.9 Å². The van der Waals surface area contributed by atoms with E-state index < -0.39 is 0 Å². The molecule has 0 radical (unpaired) electrons. The molecule has 0 aromatic heterocycles. The predicted octanol–water partition coefficient (Wildman–Crippen LogP) is 6.65. The molecule has 152 valence electrons. The van der Waals surface area contributed by atoms with Gasteiger partial charge in [-0.15, -0.1) is 0 Å². The molecular weight excluding hydrogens is 404 g/mol. The fraction of sp³-hybridized carbons (Fsp3) is 0. The Bertz CT molecular complexity index is 1140. The van der Waals surface area contributed by atoms with Gasteiger partial charge in [-0.3, -0.25) is 5.43 Å². The lowest BCUT2D eigenvalue weighted by Crippen LogP contribution is -2.28. The number of hydrazone groups is 2. The number of nitrogens with zero attached hydrogens (tertiary/aromatic N) is 3. The third-order valence-electron chi connectivity index (χ3n) is 4.49. The summed E-state index contributed by atoms with van der Waals surface area (Å²) in [4.78, 5) is 0. The van der Waals surface area contributed by atoms with Crippen LogP contribution in [-0.2, 0) is 0 Å². The number of rotatable bonds is 6. The van der Waals surface area contributed by atoms with Gasteiger partial charge in [-0.25, -0.2) is 5.01 Å². The van der Waals surface area contributed by atoms with Crippen molar-refractivity contribution in [3.63, 3.8) is 0 Å². The number of benzene rings is 4. The Morgan fingerprint density at radius 1 is 0.710 bits per heavy atom. The molecule has 0 heterocycles. The molecule has 0 saturated heterocycles. The average molecular weight is 425 g/mol. The van der Waals surface area contributed by atoms with Gasteiger partial charge in [-0.05, 0) is 42.0 Å². The van der Waals surface area contributed by atoms with Gasteiger partial charge in [0.25, 0.3) is 0 Å². The van der Waals surface area contributed by atoms with Gasteiger partial charge in [0.05, 0.1) is 17.6 Å². The Balaban J connectivity index is 1.76. The minimum atomic E-state index is 0.667. The number of anilines is 2. The lowest BCUT2D eigenvalue weighted by atomic mass is 10.2. The number of hydrogen-bond donors (Lipinski definition) is 1. The zero-order valence-corrected chi connectivity index (χ0v) is 17.5. The summed E-state index contributed by atoms with van der Waals surface area (Å²) in [5.74, 6) is 0.667. The maximum atomic E-state index is 6.02. The summed E-state index contributed by atoms with van der Waals surface area (Å²) in [5, 5.41) is 12.0. The van der Waals surface area contributed by atoms with Crippen LogP contribution in [-0.4, -0.2) is 12.1 Å². The number of halogens is 1. The normalized spacial score (nSPS) is 11.5. The van der Waals surface area contributed by atoms with Gasteiger partial charge in [-0.1, -0.05) is 90.5 Å². The van der Waals surface area contributed by atoms with Crippen LogP contribution in [0.2, 0.25) is 5.02 Å². The topological polar surface area (TPSA) is 40.0 Å². The lowest BCUT2D eigenvalue weighted by Gasteiger charge is -2.21. The molecule has 0 amide bonds. The van der Waals surface area contributed by atoms with Gasteiger partial charge in [0, 0.05) is 10.6 Å². The number of nitrogens with one attached hydrogen (secondary N) is 1. The number of amidine groups is 1. The Morgan fingerprint density at radius 3 is 1.94 bits per heavy atom. The first-order chi connectivity index (χ1) is 15.3. The molecule has 31 heavy (non-hydrogen) atoms. The Kier molecular flexibility index (Phi) is 6.73. The minimum Gasteiger partial charge on any atom is -0.276 e. The van der Waals surface area contributed by atoms with Crippen molar-refractivity contribution in [1.82, 2.24) is 0 Å². The predicted molar refractivity (Wildman–Crippen MR) is 131 cm³/mol. The van der Waals surface area contributed by atoms with Crippen molar-refractivity contribution in [2.45, 2.75) is 0 Å². The van der Waals surface area contributed by atoms with E-state index in [1.807, 2.05) is 120 Å². The van der Waals surface area contributed by atoms with Crippen LogP contribution in [0, 0.1) is 0 Å². The first-order valence-corrected chi connectivity index (χ1v) is 10.3. The molecule has 4 rings (SSSR count). The maximum Gasteiger partial charge on any atom is 0.181 e. The summed E-state index contributed by atoms with van der Waals surface area (Å²) in [7, 11) is 0. The standard InChI is InChI=1S/C26H21ClN4/c27-23-18-16-21(17-19-23)20-28-31(25-14-8-3-9-15-25)26(22-10-4-1-5-11-22)30-29-24-12-6-2-7-13-24/h1-20,29H. The summed E-state index contributed by atoms with van der Waals surface area (Å²) in [6, 6.07) is 37.3. The Hall–Kier alpha value is -3.89. The third kappa shape index (κ3) is 5.59.